The zero-order chi connectivity index (χ0) is 13.7. The third-order valence-corrected chi connectivity index (χ3v) is 3.64. The molecule has 0 aromatic rings. The van der Waals surface area contributed by atoms with Crippen molar-refractivity contribution in [2.75, 3.05) is 7.05 Å². The molecule has 0 saturated heterocycles. The Labute approximate surface area is 112 Å². The summed E-state index contributed by atoms with van der Waals surface area (Å²) in [6.45, 7) is 13.9. The number of rotatable bonds is 4. The average Bonchev–Trinajstić information content (AvgIpc) is 3.08. The molecule has 0 bridgehead atoms. The van der Waals surface area contributed by atoms with Crippen LogP contribution in [0.25, 0.3) is 0 Å². The van der Waals surface area contributed by atoms with Gasteiger partial charge in [0.2, 0.25) is 0 Å². The molecule has 1 saturated carbocycles. The Morgan fingerprint density at radius 2 is 1.94 bits per heavy atom. The molecule has 3 atom stereocenters. The van der Waals surface area contributed by atoms with E-state index in [9.17, 15) is 0 Å². The zero-order valence-corrected chi connectivity index (χ0v) is 12.1. The number of fused-ring (bicyclic) bond motifs is 1. The van der Waals surface area contributed by atoms with Gasteiger partial charge in [-0.3, -0.25) is 0 Å². The fraction of sp³-hybridized carbons (Fsp3) is 0.412. The summed E-state index contributed by atoms with van der Waals surface area (Å²) in [5.41, 5.74) is 2.34. The summed E-state index contributed by atoms with van der Waals surface area (Å²) < 4.78 is 0. The van der Waals surface area contributed by atoms with E-state index in [0.717, 1.165) is 23.5 Å². The lowest BCUT2D eigenvalue weighted by molar-refractivity contribution is 0.546. The number of hydrogen-bond acceptors (Lipinski definition) is 1. The molecule has 0 N–H and O–H groups in total. The van der Waals surface area contributed by atoms with E-state index in [2.05, 4.69) is 50.3 Å². The van der Waals surface area contributed by atoms with E-state index >= 15 is 0 Å². The average molecular weight is 243 g/mol. The molecular weight excluding hydrogens is 218 g/mol. The molecule has 0 aromatic heterocycles. The minimum absolute atomic E-state index is 0.747. The van der Waals surface area contributed by atoms with Crippen LogP contribution in [0.15, 0.2) is 61.0 Å². The van der Waals surface area contributed by atoms with Crippen LogP contribution in [0, 0.1) is 17.8 Å². The van der Waals surface area contributed by atoms with Crippen LogP contribution in [0.1, 0.15) is 20.8 Å². The van der Waals surface area contributed by atoms with Gasteiger partial charge in [0.15, 0.2) is 0 Å². The lowest BCUT2D eigenvalue weighted by atomic mass is 10.1. The van der Waals surface area contributed by atoms with Gasteiger partial charge in [0.05, 0.1) is 0 Å². The summed E-state index contributed by atoms with van der Waals surface area (Å²) in [5, 5.41) is 0. The maximum Gasteiger partial charge on any atom is 0.0401 e. The molecule has 1 nitrogen and oxygen atoms in total. The van der Waals surface area contributed by atoms with Crippen molar-refractivity contribution in [1.82, 2.24) is 4.90 Å². The van der Waals surface area contributed by atoms with Crippen LogP contribution in [0.4, 0.5) is 0 Å². The molecule has 1 fully saturated rings. The Bertz CT molecular complexity index is 398. The van der Waals surface area contributed by atoms with Gasteiger partial charge >= 0.3 is 0 Å². The highest BCUT2D eigenvalue weighted by Gasteiger charge is 2.44. The van der Waals surface area contributed by atoms with E-state index < -0.39 is 0 Å². The molecule has 0 amide bonds. The normalized spacial score (nSPS) is 28.3. The standard InChI is InChI=1S/C15H19N.C2H6/c1-5-7-12(6-2)16(4)13-8-9-14-11(3)15(14)10-13;1-2/h5-11,14-15H,1-2H2,3-4H3;1-2H3/b12-7+;. The summed E-state index contributed by atoms with van der Waals surface area (Å²) in [7, 11) is 2.07. The first kappa shape index (κ1) is 14.6. The maximum atomic E-state index is 3.83. The van der Waals surface area contributed by atoms with E-state index in [1.54, 1.807) is 6.08 Å². The van der Waals surface area contributed by atoms with Gasteiger partial charge < -0.3 is 4.90 Å². The smallest absolute Gasteiger partial charge is 0.0401 e. The van der Waals surface area contributed by atoms with E-state index in [0.29, 0.717) is 0 Å². The Kier molecular flexibility index (Phi) is 5.21. The van der Waals surface area contributed by atoms with Crippen molar-refractivity contribution >= 4 is 0 Å². The minimum Gasteiger partial charge on any atom is -0.345 e. The van der Waals surface area contributed by atoms with Crippen molar-refractivity contribution in [3.05, 3.63) is 61.0 Å². The van der Waals surface area contributed by atoms with Gasteiger partial charge in [0.25, 0.3) is 0 Å². The molecule has 3 unspecified atom stereocenters. The van der Waals surface area contributed by atoms with Crippen molar-refractivity contribution in [2.45, 2.75) is 20.8 Å². The summed E-state index contributed by atoms with van der Waals surface area (Å²) >= 11 is 0. The Morgan fingerprint density at radius 1 is 1.28 bits per heavy atom. The Hall–Kier alpha value is -1.50. The highest BCUT2D eigenvalue weighted by atomic mass is 15.1. The number of allylic oxidation sites excluding steroid dienone is 6. The molecule has 2 aliphatic rings. The summed E-state index contributed by atoms with van der Waals surface area (Å²) in [6.07, 6.45) is 12.5. The SMILES string of the molecule is C=C/C=C(\C=C)N(C)C1=CC2C(C)C2C=C1.CC. The minimum atomic E-state index is 0.747. The van der Waals surface area contributed by atoms with Gasteiger partial charge in [0, 0.05) is 18.4 Å². The molecule has 0 aliphatic heterocycles. The zero-order valence-electron chi connectivity index (χ0n) is 12.1. The predicted molar refractivity (Wildman–Crippen MR) is 81.0 cm³/mol. The van der Waals surface area contributed by atoms with Gasteiger partial charge in [-0.25, -0.2) is 0 Å². The maximum absolute atomic E-state index is 3.83. The lowest BCUT2D eigenvalue weighted by Crippen LogP contribution is -2.15. The number of hydrogen-bond donors (Lipinski definition) is 0. The van der Waals surface area contributed by atoms with Gasteiger partial charge in [-0.05, 0) is 36.0 Å². The first-order valence-electron chi connectivity index (χ1n) is 6.78. The van der Waals surface area contributed by atoms with Crippen LogP contribution in [-0.2, 0) is 0 Å². The summed E-state index contributed by atoms with van der Waals surface area (Å²) in [5.74, 6) is 2.35. The molecule has 1 heteroatoms. The van der Waals surface area contributed by atoms with E-state index in [1.165, 1.54) is 5.70 Å². The molecule has 98 valence electrons. The second-order valence-corrected chi connectivity index (χ2v) is 4.55. The number of likely N-dealkylation sites (N-methyl/N-ethyl adjacent to an activating group) is 1. The summed E-state index contributed by atoms with van der Waals surface area (Å²) in [4.78, 5) is 2.16. The Balaban J connectivity index is 0.000000771. The third-order valence-electron chi connectivity index (χ3n) is 3.64. The monoisotopic (exact) mass is 243 g/mol. The van der Waals surface area contributed by atoms with E-state index in [4.69, 9.17) is 0 Å². The van der Waals surface area contributed by atoms with Crippen LogP contribution in [0.3, 0.4) is 0 Å². The van der Waals surface area contributed by atoms with E-state index in [-0.39, 0.29) is 0 Å². The molecule has 0 spiro atoms. The van der Waals surface area contributed by atoms with Crippen molar-refractivity contribution in [1.29, 1.82) is 0 Å². The topological polar surface area (TPSA) is 3.24 Å². The summed E-state index contributed by atoms with van der Waals surface area (Å²) in [6, 6.07) is 0. The first-order valence-corrected chi connectivity index (χ1v) is 6.78. The fourth-order valence-electron chi connectivity index (χ4n) is 2.36. The van der Waals surface area contributed by atoms with Crippen molar-refractivity contribution in [3.63, 3.8) is 0 Å². The van der Waals surface area contributed by atoms with Crippen molar-refractivity contribution in [3.8, 4) is 0 Å². The second kappa shape index (κ2) is 6.44. The second-order valence-electron chi connectivity index (χ2n) is 4.55. The quantitative estimate of drug-likeness (QED) is 0.655. The number of nitrogens with zero attached hydrogens (tertiary/aromatic N) is 1. The van der Waals surface area contributed by atoms with Crippen LogP contribution in [0.2, 0.25) is 0 Å². The lowest BCUT2D eigenvalue weighted by Gasteiger charge is -2.22. The highest BCUT2D eigenvalue weighted by Crippen LogP contribution is 2.50. The van der Waals surface area contributed by atoms with Gasteiger partial charge in [-0.15, -0.1) is 0 Å². The largest absolute Gasteiger partial charge is 0.345 e. The van der Waals surface area contributed by atoms with Gasteiger partial charge in [0.1, 0.15) is 0 Å². The predicted octanol–water partition coefficient (Wildman–Crippen LogP) is 4.54. The Morgan fingerprint density at radius 3 is 2.44 bits per heavy atom. The molecule has 2 aliphatic carbocycles. The molecule has 0 heterocycles. The molecule has 2 rings (SSSR count). The van der Waals surface area contributed by atoms with Gasteiger partial charge in [-0.1, -0.05) is 52.2 Å². The molecule has 18 heavy (non-hydrogen) atoms. The molecule has 0 aromatic carbocycles. The molecule has 0 radical (unpaired) electrons. The van der Waals surface area contributed by atoms with Crippen LogP contribution < -0.4 is 0 Å². The highest BCUT2D eigenvalue weighted by molar-refractivity contribution is 5.36. The van der Waals surface area contributed by atoms with Crippen molar-refractivity contribution < 1.29 is 0 Å². The van der Waals surface area contributed by atoms with Crippen LogP contribution >= 0.6 is 0 Å². The molecular formula is C17H25N. The van der Waals surface area contributed by atoms with Crippen LogP contribution in [-0.4, -0.2) is 11.9 Å². The van der Waals surface area contributed by atoms with Crippen LogP contribution in [0.5, 0.6) is 0 Å². The fourth-order valence-corrected chi connectivity index (χ4v) is 2.36. The van der Waals surface area contributed by atoms with E-state index in [1.807, 2.05) is 26.0 Å². The third kappa shape index (κ3) is 2.84. The van der Waals surface area contributed by atoms with Crippen molar-refractivity contribution in [2.24, 2.45) is 17.8 Å². The first-order chi connectivity index (χ1) is 8.69. The van der Waals surface area contributed by atoms with Gasteiger partial charge in [-0.2, -0.15) is 0 Å².